The fraction of sp³-hybridized carbons (Fsp3) is 0.370. The van der Waals surface area contributed by atoms with Crippen molar-refractivity contribution in [2.24, 2.45) is 12.0 Å². The number of halogens is 2. The molecule has 39 heavy (non-hydrogen) atoms. The van der Waals surface area contributed by atoms with Crippen LogP contribution in [0.2, 0.25) is 0 Å². The predicted molar refractivity (Wildman–Crippen MR) is 147 cm³/mol. The molecule has 0 fully saturated rings. The van der Waals surface area contributed by atoms with Crippen molar-refractivity contribution in [3.63, 3.8) is 0 Å². The topological polar surface area (TPSA) is 132 Å². The first-order chi connectivity index (χ1) is 18.2. The predicted octanol–water partition coefficient (Wildman–Crippen LogP) is 5.20. The smallest absolute Gasteiger partial charge is 0.410 e. The molecule has 3 rings (SSSR count). The van der Waals surface area contributed by atoms with Gasteiger partial charge in [-0.2, -0.15) is 10.4 Å². The van der Waals surface area contributed by atoms with Crippen LogP contribution in [-0.4, -0.2) is 50.6 Å². The number of nitriles is 1. The van der Waals surface area contributed by atoms with Crippen molar-refractivity contribution in [3.8, 4) is 22.9 Å². The maximum atomic E-state index is 14.1. The number of aryl methyl sites for hydroxylation is 1. The fourth-order valence-corrected chi connectivity index (χ4v) is 4.04. The molecule has 0 bridgehead atoms. The number of aliphatic imine (C=N–C) groups is 1. The number of anilines is 1. The molecule has 1 amide bonds. The Morgan fingerprint density at radius 3 is 2.67 bits per heavy atom. The number of benzene rings is 1. The van der Waals surface area contributed by atoms with Crippen LogP contribution in [0.15, 0.2) is 35.5 Å². The van der Waals surface area contributed by atoms with E-state index in [1.165, 1.54) is 41.0 Å². The number of rotatable bonds is 7. The zero-order valence-electron chi connectivity index (χ0n) is 22.9. The van der Waals surface area contributed by atoms with Gasteiger partial charge in [-0.25, -0.2) is 14.2 Å². The lowest BCUT2D eigenvalue weighted by Gasteiger charge is -2.24. The molecule has 2 aromatic heterocycles. The zero-order chi connectivity index (χ0) is 29.1. The minimum Gasteiger partial charge on any atom is -0.482 e. The van der Waals surface area contributed by atoms with E-state index in [9.17, 15) is 14.4 Å². The first-order valence-electron chi connectivity index (χ1n) is 12.0. The van der Waals surface area contributed by atoms with E-state index in [0.29, 0.717) is 27.9 Å². The third kappa shape index (κ3) is 6.83. The van der Waals surface area contributed by atoms with Gasteiger partial charge in [0.1, 0.15) is 34.5 Å². The summed E-state index contributed by atoms with van der Waals surface area (Å²) in [7, 11) is 4.75. The highest BCUT2D eigenvalue weighted by Gasteiger charge is 2.25. The minimum atomic E-state index is -0.687. The van der Waals surface area contributed by atoms with E-state index < -0.39 is 23.6 Å². The molecule has 2 heterocycles. The van der Waals surface area contributed by atoms with Crippen LogP contribution in [0.5, 0.6) is 5.75 Å². The highest BCUT2D eigenvalue weighted by Crippen LogP contribution is 2.35. The molecule has 0 aliphatic heterocycles. The number of nitrogens with two attached hydrogens (primary N) is 1. The number of amides is 1. The number of nitrogen functional groups attached to an aromatic ring is 1. The summed E-state index contributed by atoms with van der Waals surface area (Å²) in [6, 6.07) is 7.92. The Morgan fingerprint density at radius 2 is 2.05 bits per heavy atom. The van der Waals surface area contributed by atoms with Gasteiger partial charge in [0.15, 0.2) is 11.6 Å². The summed E-state index contributed by atoms with van der Waals surface area (Å²) in [5.41, 5.74) is 8.11. The van der Waals surface area contributed by atoms with E-state index in [1.807, 2.05) is 0 Å². The first-order valence-corrected chi connectivity index (χ1v) is 12.4. The monoisotopic (exact) mass is 555 g/mol. The number of ether oxygens (including phenoxy) is 2. The van der Waals surface area contributed by atoms with Crippen LogP contribution < -0.4 is 10.5 Å². The van der Waals surface area contributed by atoms with E-state index in [4.69, 9.17) is 26.8 Å². The van der Waals surface area contributed by atoms with Crippen molar-refractivity contribution in [1.29, 1.82) is 5.26 Å². The molecule has 2 N–H and O–H groups in total. The molecular formula is C27H31ClFN7O3. The molecule has 10 nitrogen and oxygen atoms in total. The SMILES string of the molecule is CN=C(Cl)c1ccc(F)cc1[C@@H](C)Oc1cc(-c2c(CN(C)C(=O)OC(C)(C)C)nn(C)c2C#N)cnc1N. The van der Waals surface area contributed by atoms with Gasteiger partial charge in [0.05, 0.1) is 12.2 Å². The largest absolute Gasteiger partial charge is 0.482 e. The Morgan fingerprint density at radius 1 is 1.36 bits per heavy atom. The summed E-state index contributed by atoms with van der Waals surface area (Å²) in [4.78, 5) is 22.2. The molecule has 0 radical (unpaired) electrons. The van der Waals surface area contributed by atoms with Crippen LogP contribution in [0.1, 0.15) is 56.3 Å². The van der Waals surface area contributed by atoms with Gasteiger partial charge in [-0.3, -0.25) is 9.67 Å². The molecule has 0 unspecified atom stereocenters. The molecule has 1 aromatic carbocycles. The summed E-state index contributed by atoms with van der Waals surface area (Å²) in [5, 5.41) is 14.5. The number of hydrogen-bond acceptors (Lipinski definition) is 8. The summed E-state index contributed by atoms with van der Waals surface area (Å²) in [6.07, 6.45) is 0.273. The van der Waals surface area contributed by atoms with E-state index in [2.05, 4.69) is 21.1 Å². The molecule has 0 saturated carbocycles. The molecule has 0 saturated heterocycles. The average molecular weight is 556 g/mol. The van der Waals surface area contributed by atoms with Gasteiger partial charge in [0.25, 0.3) is 0 Å². The molecule has 206 valence electrons. The molecule has 0 aliphatic rings. The molecule has 3 aromatic rings. The van der Waals surface area contributed by atoms with Crippen molar-refractivity contribution in [2.75, 3.05) is 19.8 Å². The van der Waals surface area contributed by atoms with Gasteiger partial charge in [-0.05, 0) is 52.0 Å². The lowest BCUT2D eigenvalue weighted by molar-refractivity contribution is 0.0283. The van der Waals surface area contributed by atoms with Crippen LogP contribution in [0.4, 0.5) is 15.0 Å². The van der Waals surface area contributed by atoms with E-state index in [0.717, 1.165) is 0 Å². The molecule has 1 atom stereocenters. The van der Waals surface area contributed by atoms with Gasteiger partial charge >= 0.3 is 6.09 Å². The van der Waals surface area contributed by atoms with Gasteiger partial charge < -0.3 is 20.1 Å². The Kier molecular flexibility index (Phi) is 8.81. The van der Waals surface area contributed by atoms with Crippen molar-refractivity contribution in [2.45, 2.75) is 45.9 Å². The normalized spacial score (nSPS) is 12.6. The van der Waals surface area contributed by atoms with Crippen molar-refractivity contribution >= 4 is 28.7 Å². The van der Waals surface area contributed by atoms with Gasteiger partial charge in [-0.1, -0.05) is 11.6 Å². The van der Waals surface area contributed by atoms with Crippen LogP contribution >= 0.6 is 11.6 Å². The number of pyridine rings is 1. The van der Waals surface area contributed by atoms with Crippen molar-refractivity contribution in [3.05, 3.63) is 58.8 Å². The molecular weight excluding hydrogens is 525 g/mol. The highest BCUT2D eigenvalue weighted by molar-refractivity contribution is 6.69. The van der Waals surface area contributed by atoms with E-state index >= 15 is 0 Å². The summed E-state index contributed by atoms with van der Waals surface area (Å²) >= 11 is 6.24. The highest BCUT2D eigenvalue weighted by atomic mass is 35.5. The van der Waals surface area contributed by atoms with Crippen LogP contribution in [0.3, 0.4) is 0 Å². The second-order valence-corrected chi connectivity index (χ2v) is 10.2. The summed E-state index contributed by atoms with van der Waals surface area (Å²) < 4.78 is 27.1. The quantitative estimate of drug-likeness (QED) is 0.396. The van der Waals surface area contributed by atoms with Crippen LogP contribution in [-0.2, 0) is 18.3 Å². The summed E-state index contributed by atoms with van der Waals surface area (Å²) in [6.45, 7) is 7.11. The number of nitrogens with zero attached hydrogens (tertiary/aromatic N) is 6. The Bertz CT molecular complexity index is 1460. The number of carbonyl (C=O) groups excluding carboxylic acids is 1. The lowest BCUT2D eigenvalue weighted by atomic mass is 10.0. The van der Waals surface area contributed by atoms with E-state index in [1.54, 1.807) is 47.9 Å². The maximum Gasteiger partial charge on any atom is 0.410 e. The second kappa shape index (κ2) is 11.7. The number of carbonyl (C=O) groups is 1. The number of hydrogen-bond donors (Lipinski definition) is 1. The molecule has 12 heteroatoms. The standard InChI is InChI=1S/C27H31ClFN7O3/c1-15(19-11-17(29)8-9-18(19)24(28)32-5)38-22-10-16(13-33-25(22)31)23-20(34-36(7)21(23)12-30)14-35(6)26(37)39-27(2,3)4/h8-11,13,15H,14H2,1-7H3,(H2,31,33)/t15-/m1/s1. The van der Waals surface area contributed by atoms with Gasteiger partial charge in [-0.15, -0.1) is 0 Å². The average Bonchev–Trinajstić information content (AvgIpc) is 3.18. The Hall–Kier alpha value is -4.17. The van der Waals surface area contributed by atoms with Gasteiger partial charge in [0.2, 0.25) is 0 Å². The fourth-order valence-electron chi connectivity index (χ4n) is 3.87. The summed E-state index contributed by atoms with van der Waals surface area (Å²) in [5.74, 6) is -0.162. The van der Waals surface area contributed by atoms with E-state index in [-0.39, 0.29) is 29.0 Å². The zero-order valence-corrected chi connectivity index (χ0v) is 23.7. The third-order valence-corrected chi connectivity index (χ3v) is 6.03. The van der Waals surface area contributed by atoms with Crippen molar-refractivity contribution in [1.82, 2.24) is 19.7 Å². The first kappa shape index (κ1) is 29.4. The lowest BCUT2D eigenvalue weighted by Crippen LogP contribution is -2.34. The molecule has 0 aliphatic carbocycles. The van der Waals surface area contributed by atoms with Crippen LogP contribution in [0, 0.1) is 17.1 Å². The second-order valence-electron chi connectivity index (χ2n) is 9.86. The Labute approximate surface area is 231 Å². The minimum absolute atomic E-state index is 0.0677. The van der Waals surface area contributed by atoms with Gasteiger partial charge in [0, 0.05) is 49.6 Å². The maximum absolute atomic E-state index is 14.1. The van der Waals surface area contributed by atoms with Crippen molar-refractivity contribution < 1.29 is 18.7 Å². The number of aromatic nitrogens is 3. The third-order valence-electron chi connectivity index (χ3n) is 5.66. The Balaban J connectivity index is 2.01. The van der Waals surface area contributed by atoms with Crippen LogP contribution in [0.25, 0.3) is 11.1 Å². The molecule has 0 spiro atoms.